The molecule has 0 atom stereocenters. The third-order valence-corrected chi connectivity index (χ3v) is 4.63. The van der Waals surface area contributed by atoms with Crippen molar-refractivity contribution in [2.75, 3.05) is 0 Å². The van der Waals surface area contributed by atoms with E-state index in [1.54, 1.807) is 6.07 Å². The molecule has 0 aliphatic rings. The molecular weight excluding hydrogens is 378 g/mol. The maximum Gasteiger partial charge on any atom is 0.266 e. The van der Waals surface area contributed by atoms with Crippen LogP contribution in [0.25, 0.3) is 0 Å². The number of hydrogen-bond donors (Lipinski definition) is 0. The molecule has 2 rings (SSSR count). The molecule has 0 amide bonds. The van der Waals surface area contributed by atoms with Crippen molar-refractivity contribution in [3.63, 3.8) is 0 Å². The first-order valence-corrected chi connectivity index (χ1v) is 9.26. The summed E-state index contributed by atoms with van der Waals surface area (Å²) >= 11 is 3.41. The largest absolute Gasteiger partial charge is 0.437 e. The molecule has 1 heterocycles. The Labute approximate surface area is 136 Å². The number of halogens is 2. The average Bonchev–Trinajstić information content (AvgIpc) is 2.40. The third-order valence-electron chi connectivity index (χ3n) is 2.80. The summed E-state index contributed by atoms with van der Waals surface area (Å²) in [5.41, 5.74) is 0.938. The summed E-state index contributed by atoms with van der Waals surface area (Å²) < 4.78 is 29.7. The van der Waals surface area contributed by atoms with Crippen LogP contribution in [0.15, 0.2) is 45.9 Å². The Morgan fingerprint density at radius 1 is 1.29 bits per heavy atom. The summed E-state index contributed by atoms with van der Waals surface area (Å²) in [5, 5.41) is 0. The molecule has 0 radical (unpaired) electrons. The van der Waals surface area contributed by atoms with E-state index in [1.807, 2.05) is 26.0 Å². The van der Waals surface area contributed by atoms with E-state index in [1.165, 1.54) is 18.3 Å². The predicted octanol–water partition coefficient (Wildman–Crippen LogP) is 4.69. The van der Waals surface area contributed by atoms with Gasteiger partial charge in [-0.05, 0) is 41.8 Å². The fourth-order valence-electron chi connectivity index (χ4n) is 1.81. The lowest BCUT2D eigenvalue weighted by Gasteiger charge is -2.14. The van der Waals surface area contributed by atoms with Crippen LogP contribution in [-0.4, -0.2) is 13.4 Å². The standard InChI is InChI=1S/C14H13BrClNO3S/c1-9(2)11-8-10(15)5-6-12(11)20-14-13(21(16,18)19)4-3-7-17-14/h3-9H,1-2H3. The second kappa shape index (κ2) is 6.34. The number of hydrogen-bond acceptors (Lipinski definition) is 4. The molecule has 2 aromatic rings. The first-order valence-electron chi connectivity index (χ1n) is 6.16. The number of ether oxygens (including phenoxy) is 1. The monoisotopic (exact) mass is 389 g/mol. The van der Waals surface area contributed by atoms with Crippen LogP contribution >= 0.6 is 26.6 Å². The van der Waals surface area contributed by atoms with Gasteiger partial charge in [0, 0.05) is 21.4 Å². The fourth-order valence-corrected chi connectivity index (χ4v) is 3.08. The Kier molecular flexibility index (Phi) is 4.91. The van der Waals surface area contributed by atoms with Crippen LogP contribution in [-0.2, 0) is 9.05 Å². The molecule has 7 heteroatoms. The molecule has 0 fully saturated rings. The van der Waals surface area contributed by atoms with Crippen LogP contribution in [0.4, 0.5) is 0 Å². The molecule has 1 aromatic carbocycles. The van der Waals surface area contributed by atoms with Gasteiger partial charge in [0.2, 0.25) is 5.88 Å². The predicted molar refractivity (Wildman–Crippen MR) is 85.6 cm³/mol. The zero-order valence-electron chi connectivity index (χ0n) is 11.4. The van der Waals surface area contributed by atoms with Gasteiger partial charge in [0.25, 0.3) is 9.05 Å². The van der Waals surface area contributed by atoms with Crippen LogP contribution in [0.3, 0.4) is 0 Å². The van der Waals surface area contributed by atoms with Gasteiger partial charge in [0.05, 0.1) is 0 Å². The minimum atomic E-state index is -3.92. The molecule has 4 nitrogen and oxygen atoms in total. The molecule has 0 saturated carbocycles. The number of pyridine rings is 1. The first-order chi connectivity index (χ1) is 9.79. The van der Waals surface area contributed by atoms with Gasteiger partial charge < -0.3 is 4.74 Å². The number of rotatable bonds is 4. The van der Waals surface area contributed by atoms with E-state index in [-0.39, 0.29) is 16.7 Å². The Balaban J connectivity index is 2.49. The van der Waals surface area contributed by atoms with E-state index < -0.39 is 9.05 Å². The Hall–Kier alpha value is -1.11. The number of nitrogens with zero attached hydrogens (tertiary/aromatic N) is 1. The quantitative estimate of drug-likeness (QED) is 0.711. The molecule has 0 saturated heterocycles. The topological polar surface area (TPSA) is 56.3 Å². The molecule has 0 aliphatic carbocycles. The van der Waals surface area contributed by atoms with E-state index >= 15 is 0 Å². The zero-order valence-corrected chi connectivity index (χ0v) is 14.5. The van der Waals surface area contributed by atoms with Crippen molar-refractivity contribution in [1.82, 2.24) is 4.98 Å². The summed E-state index contributed by atoms with van der Waals surface area (Å²) in [4.78, 5) is 3.82. The van der Waals surface area contributed by atoms with E-state index in [2.05, 4.69) is 20.9 Å². The maximum atomic E-state index is 11.6. The molecule has 1 aromatic heterocycles. The molecule has 0 N–H and O–H groups in total. The smallest absolute Gasteiger partial charge is 0.266 e. The van der Waals surface area contributed by atoms with Crippen molar-refractivity contribution in [3.8, 4) is 11.6 Å². The molecular formula is C14H13BrClNO3S. The van der Waals surface area contributed by atoms with Gasteiger partial charge >= 0.3 is 0 Å². The molecule has 21 heavy (non-hydrogen) atoms. The van der Waals surface area contributed by atoms with Crippen molar-refractivity contribution in [2.45, 2.75) is 24.7 Å². The molecule has 0 bridgehead atoms. The summed E-state index contributed by atoms with van der Waals surface area (Å²) in [7, 11) is 1.48. The van der Waals surface area contributed by atoms with Crippen LogP contribution < -0.4 is 4.74 Å². The van der Waals surface area contributed by atoms with E-state index in [4.69, 9.17) is 15.4 Å². The summed E-state index contributed by atoms with van der Waals surface area (Å²) in [6.07, 6.45) is 1.45. The lowest BCUT2D eigenvalue weighted by atomic mass is 10.0. The van der Waals surface area contributed by atoms with Gasteiger partial charge in [-0.3, -0.25) is 0 Å². The highest BCUT2D eigenvalue weighted by Gasteiger charge is 2.19. The fraction of sp³-hybridized carbons (Fsp3) is 0.214. The highest BCUT2D eigenvalue weighted by Crippen LogP contribution is 2.34. The van der Waals surface area contributed by atoms with Crippen LogP contribution in [0.1, 0.15) is 25.3 Å². The van der Waals surface area contributed by atoms with Crippen molar-refractivity contribution in [3.05, 3.63) is 46.6 Å². The Morgan fingerprint density at radius 3 is 2.62 bits per heavy atom. The Morgan fingerprint density at radius 2 is 2.00 bits per heavy atom. The minimum absolute atomic E-state index is 0.0308. The van der Waals surface area contributed by atoms with Gasteiger partial charge in [-0.25, -0.2) is 13.4 Å². The van der Waals surface area contributed by atoms with Gasteiger partial charge in [-0.15, -0.1) is 0 Å². The van der Waals surface area contributed by atoms with Gasteiger partial charge in [0.1, 0.15) is 10.6 Å². The first kappa shape index (κ1) is 16.3. The molecule has 0 aliphatic heterocycles. The highest BCUT2D eigenvalue weighted by molar-refractivity contribution is 9.10. The van der Waals surface area contributed by atoms with Gasteiger partial charge in [0.15, 0.2) is 0 Å². The van der Waals surface area contributed by atoms with Crippen molar-refractivity contribution < 1.29 is 13.2 Å². The van der Waals surface area contributed by atoms with Crippen molar-refractivity contribution >= 4 is 35.7 Å². The van der Waals surface area contributed by atoms with Crippen molar-refractivity contribution in [2.24, 2.45) is 0 Å². The highest BCUT2D eigenvalue weighted by atomic mass is 79.9. The number of benzene rings is 1. The van der Waals surface area contributed by atoms with Gasteiger partial charge in [-0.2, -0.15) is 0 Å². The zero-order chi connectivity index (χ0) is 15.6. The van der Waals surface area contributed by atoms with E-state index in [0.717, 1.165) is 10.0 Å². The van der Waals surface area contributed by atoms with Gasteiger partial charge in [-0.1, -0.05) is 29.8 Å². The van der Waals surface area contributed by atoms with Crippen LogP contribution in [0, 0.1) is 0 Å². The minimum Gasteiger partial charge on any atom is -0.437 e. The average molecular weight is 391 g/mol. The maximum absolute atomic E-state index is 11.6. The van der Waals surface area contributed by atoms with Crippen LogP contribution in [0.2, 0.25) is 0 Å². The van der Waals surface area contributed by atoms with E-state index in [0.29, 0.717) is 5.75 Å². The summed E-state index contributed by atoms with van der Waals surface area (Å²) in [6, 6.07) is 8.36. The second-order valence-electron chi connectivity index (χ2n) is 4.68. The van der Waals surface area contributed by atoms with E-state index in [9.17, 15) is 8.42 Å². The van der Waals surface area contributed by atoms with Crippen LogP contribution in [0.5, 0.6) is 11.6 Å². The SMILES string of the molecule is CC(C)c1cc(Br)ccc1Oc1ncccc1S(=O)(=O)Cl. The lowest BCUT2D eigenvalue weighted by Crippen LogP contribution is -2.00. The Bertz CT molecular complexity index is 763. The summed E-state index contributed by atoms with van der Waals surface area (Å²) in [6.45, 7) is 4.04. The second-order valence-corrected chi connectivity index (χ2v) is 8.13. The third kappa shape index (κ3) is 3.96. The van der Waals surface area contributed by atoms with Crippen molar-refractivity contribution in [1.29, 1.82) is 0 Å². The molecule has 0 unspecified atom stereocenters. The summed E-state index contributed by atoms with van der Waals surface area (Å²) in [5.74, 6) is 0.725. The lowest BCUT2D eigenvalue weighted by molar-refractivity contribution is 0.440. The molecule has 0 spiro atoms. The normalized spacial score (nSPS) is 11.7. The number of aromatic nitrogens is 1. The molecule has 112 valence electrons.